The van der Waals surface area contributed by atoms with E-state index in [2.05, 4.69) is 72.8 Å². The molecule has 98 valence electrons. The molecule has 0 atom stereocenters. The summed E-state index contributed by atoms with van der Waals surface area (Å²) < 4.78 is 0. The van der Waals surface area contributed by atoms with E-state index in [1.54, 1.807) is 0 Å². The predicted octanol–water partition coefficient (Wildman–Crippen LogP) is 6.60. The highest BCUT2D eigenvalue weighted by atomic mass is 31.0. The lowest BCUT2D eigenvalue weighted by atomic mass is 10.00. The van der Waals surface area contributed by atoms with E-state index < -0.39 is 0 Å². The monoisotopic (exact) mass is 283 g/mol. The largest absolute Gasteiger partial charge is 0.514 e. The summed E-state index contributed by atoms with van der Waals surface area (Å²) in [7, 11) is 1.33. The van der Waals surface area contributed by atoms with Crippen molar-refractivity contribution in [3.8, 4) is 0 Å². The molecule has 0 N–H and O–H groups in total. The van der Waals surface area contributed by atoms with Crippen molar-refractivity contribution in [2.45, 2.75) is 0 Å². The zero-order valence-corrected chi connectivity index (χ0v) is 12.3. The van der Waals surface area contributed by atoms with Gasteiger partial charge < -0.3 is 8.19 Å². The van der Waals surface area contributed by atoms with Crippen LogP contribution in [0.4, 0.5) is 0 Å². The molecule has 0 amide bonds. The van der Waals surface area contributed by atoms with Crippen LogP contribution in [0.5, 0.6) is 0 Å². The molecule has 0 aliphatic rings. The van der Waals surface area contributed by atoms with Crippen LogP contribution < -0.4 is 0 Å². The van der Waals surface area contributed by atoms with Crippen LogP contribution in [0.15, 0.2) is 72.8 Å². The van der Waals surface area contributed by atoms with E-state index in [0.29, 0.717) is 0 Å². The molecule has 5 aromatic rings. The first kappa shape index (κ1) is 11.4. The Morgan fingerprint density at radius 3 is 1.48 bits per heavy atom. The summed E-state index contributed by atoms with van der Waals surface area (Å²) in [6.07, 6.45) is 0. The summed E-state index contributed by atoms with van der Waals surface area (Å²) in [4.78, 5) is 0. The maximum absolute atomic E-state index is 2.29. The van der Waals surface area contributed by atoms with Crippen molar-refractivity contribution in [1.82, 2.24) is 0 Å². The third-order valence-corrected chi connectivity index (χ3v) is 5.53. The Balaban J connectivity index is 2.18. The van der Waals surface area contributed by atoms with E-state index in [4.69, 9.17) is 0 Å². The van der Waals surface area contributed by atoms with E-state index in [-0.39, 0.29) is 0 Å². The van der Waals surface area contributed by atoms with Gasteiger partial charge in [0.2, 0.25) is 0 Å². The molecule has 0 radical (unpaired) electrons. The number of fused-ring (bicyclic) bond motifs is 7. The van der Waals surface area contributed by atoms with Gasteiger partial charge in [-0.3, -0.25) is 0 Å². The van der Waals surface area contributed by atoms with Gasteiger partial charge in [-0.2, -0.15) is 10.2 Å². The van der Waals surface area contributed by atoms with Gasteiger partial charge in [0.05, 0.1) is 0 Å². The van der Waals surface area contributed by atoms with E-state index >= 15 is 0 Å². The van der Waals surface area contributed by atoms with Crippen molar-refractivity contribution >= 4 is 50.7 Å². The topological polar surface area (TPSA) is 0 Å². The second-order valence-corrected chi connectivity index (χ2v) is 6.66. The van der Waals surface area contributed by atoms with Crippen LogP contribution in [0, 0.1) is 0 Å². The van der Waals surface area contributed by atoms with Gasteiger partial charge in [0, 0.05) is 0 Å². The number of hydrogen-bond donors (Lipinski definition) is 0. The zero-order chi connectivity index (χ0) is 13.8. The van der Waals surface area contributed by atoms with Gasteiger partial charge >= 0.3 is 0 Å². The van der Waals surface area contributed by atoms with Gasteiger partial charge in [-0.05, 0) is 32.3 Å². The molecule has 0 saturated carbocycles. The maximum Gasteiger partial charge on any atom is -0.0126 e. The Labute approximate surface area is 124 Å². The molecular weight excluding hydrogens is 271 g/mol. The molecule has 0 spiro atoms. The van der Waals surface area contributed by atoms with E-state index in [1.165, 1.54) is 50.7 Å². The lowest BCUT2D eigenvalue weighted by molar-refractivity contribution is 1.81. The molecule has 0 aliphatic carbocycles. The van der Waals surface area contributed by atoms with Crippen LogP contribution in [-0.4, -0.2) is 0 Å². The number of rotatable bonds is 0. The smallest absolute Gasteiger partial charge is 0.0126 e. The Kier molecular flexibility index (Phi) is 2.22. The maximum atomic E-state index is 2.29. The van der Waals surface area contributed by atoms with Gasteiger partial charge in [-0.25, -0.2) is 0 Å². The predicted molar refractivity (Wildman–Crippen MR) is 94.6 cm³/mol. The van der Waals surface area contributed by atoms with Gasteiger partial charge in [-0.15, -0.1) is 0 Å². The Morgan fingerprint density at radius 1 is 0.476 bits per heavy atom. The fourth-order valence-electron chi connectivity index (χ4n) is 3.36. The summed E-state index contributed by atoms with van der Waals surface area (Å²) in [5.41, 5.74) is 0. The molecular formula is C20H12P-. The normalized spacial score (nSPS) is 11.8. The lowest BCUT2D eigenvalue weighted by Gasteiger charge is -2.06. The van der Waals surface area contributed by atoms with Gasteiger partial charge in [0.25, 0.3) is 0 Å². The van der Waals surface area contributed by atoms with Crippen LogP contribution >= 0.6 is 8.19 Å². The first-order chi connectivity index (χ1) is 10.4. The standard InChI is InChI=1S/C20H12P/c1-3-7-15-13(5-1)9-11-17-19(15)20-16-8-4-2-6-14(16)10-12-18(20)21-17/h1-12H/q-1. The van der Waals surface area contributed by atoms with Crippen molar-refractivity contribution in [3.63, 3.8) is 0 Å². The molecule has 5 rings (SSSR count). The minimum atomic E-state index is 1.33. The van der Waals surface area contributed by atoms with Crippen LogP contribution in [0.2, 0.25) is 0 Å². The summed E-state index contributed by atoms with van der Waals surface area (Å²) in [5, 5.41) is 11.1. The van der Waals surface area contributed by atoms with Crippen LogP contribution in [-0.2, 0) is 0 Å². The highest BCUT2D eigenvalue weighted by Crippen LogP contribution is 2.44. The third kappa shape index (κ3) is 1.51. The highest BCUT2D eigenvalue weighted by molar-refractivity contribution is 7.44. The average molecular weight is 283 g/mol. The van der Waals surface area contributed by atoms with E-state index in [0.717, 1.165) is 0 Å². The van der Waals surface area contributed by atoms with Gasteiger partial charge in [-0.1, -0.05) is 72.8 Å². The molecule has 0 saturated heterocycles. The summed E-state index contributed by atoms with van der Waals surface area (Å²) >= 11 is 0. The zero-order valence-electron chi connectivity index (χ0n) is 11.4. The van der Waals surface area contributed by atoms with Gasteiger partial charge in [0.1, 0.15) is 0 Å². The first-order valence-electron chi connectivity index (χ1n) is 7.17. The molecule has 1 heterocycles. The minimum Gasteiger partial charge on any atom is -0.514 e. The second-order valence-electron chi connectivity index (χ2n) is 5.47. The molecule has 4 aromatic carbocycles. The van der Waals surface area contributed by atoms with Gasteiger partial charge in [0.15, 0.2) is 0 Å². The van der Waals surface area contributed by atoms with E-state index in [9.17, 15) is 0 Å². The molecule has 0 unspecified atom stereocenters. The molecule has 0 nitrogen and oxygen atoms in total. The molecule has 1 heteroatoms. The quantitative estimate of drug-likeness (QED) is 0.300. The van der Waals surface area contributed by atoms with Crippen molar-refractivity contribution in [1.29, 1.82) is 0 Å². The van der Waals surface area contributed by atoms with Crippen LogP contribution in [0.25, 0.3) is 42.6 Å². The Morgan fingerprint density at radius 2 is 0.952 bits per heavy atom. The summed E-state index contributed by atoms with van der Waals surface area (Å²) in [5.74, 6) is 0. The third-order valence-electron chi connectivity index (χ3n) is 4.30. The lowest BCUT2D eigenvalue weighted by Crippen LogP contribution is -1.76. The van der Waals surface area contributed by atoms with Crippen molar-refractivity contribution in [2.75, 3.05) is 0 Å². The van der Waals surface area contributed by atoms with Crippen LogP contribution in [0.1, 0.15) is 0 Å². The number of hydrogen-bond acceptors (Lipinski definition) is 0. The fourth-order valence-corrected chi connectivity index (χ4v) is 4.61. The average Bonchev–Trinajstić information content (AvgIpc) is 2.94. The van der Waals surface area contributed by atoms with Crippen molar-refractivity contribution < 1.29 is 0 Å². The molecule has 0 bridgehead atoms. The first-order valence-corrected chi connectivity index (χ1v) is 8.07. The molecule has 0 aliphatic heterocycles. The Hall–Kier alpha value is -2.30. The number of benzene rings is 4. The van der Waals surface area contributed by atoms with Crippen LogP contribution in [0.3, 0.4) is 0 Å². The summed E-state index contributed by atoms with van der Waals surface area (Å²) in [6, 6.07) is 26.5. The Bertz CT molecular complexity index is 1040. The summed E-state index contributed by atoms with van der Waals surface area (Å²) in [6.45, 7) is 0. The highest BCUT2D eigenvalue weighted by Gasteiger charge is 2.04. The molecule has 1 aromatic heterocycles. The fraction of sp³-hybridized carbons (Fsp3) is 0. The molecule has 21 heavy (non-hydrogen) atoms. The van der Waals surface area contributed by atoms with Crippen molar-refractivity contribution in [3.05, 3.63) is 72.8 Å². The SMILES string of the molecule is c1ccc2c(c1)ccc1[p-]c3ccc4ccccc4c3c12. The van der Waals surface area contributed by atoms with Crippen molar-refractivity contribution in [2.24, 2.45) is 0 Å². The molecule has 0 fully saturated rings. The van der Waals surface area contributed by atoms with E-state index in [1.807, 2.05) is 0 Å². The second kappa shape index (κ2) is 4.10. The minimum absolute atomic E-state index is 1.33.